The van der Waals surface area contributed by atoms with Crippen molar-refractivity contribution in [1.29, 1.82) is 0 Å². The van der Waals surface area contributed by atoms with E-state index in [1.165, 1.54) is 0 Å². The van der Waals surface area contributed by atoms with Crippen LogP contribution in [0.4, 0.5) is 0 Å². The molecule has 0 aliphatic heterocycles. The van der Waals surface area contributed by atoms with Crippen LogP contribution in [0, 0.1) is 13.8 Å². The van der Waals surface area contributed by atoms with E-state index < -0.39 is 0 Å². The summed E-state index contributed by atoms with van der Waals surface area (Å²) in [4.78, 5) is 0. The molecule has 0 spiro atoms. The van der Waals surface area contributed by atoms with Crippen LogP contribution in [0.15, 0.2) is 12.3 Å². The quantitative estimate of drug-likeness (QED) is 0.612. The van der Waals surface area contributed by atoms with Gasteiger partial charge in [0.2, 0.25) is 0 Å². The van der Waals surface area contributed by atoms with Crippen LogP contribution >= 0.6 is 0 Å². The summed E-state index contributed by atoms with van der Waals surface area (Å²) in [5.74, 6) is 6.39. The normalized spacial score (nSPS) is 12.5. The molecule has 2 aromatic rings. The number of nitrogens with zero attached hydrogens (tertiary/aromatic N) is 4. The number of nitrogens with one attached hydrogen (secondary N) is 1. The molecule has 0 aliphatic carbocycles. The molecular formula is C12H18N6O. The molecule has 2 aromatic heterocycles. The van der Waals surface area contributed by atoms with Crippen molar-refractivity contribution in [1.82, 2.24) is 25.4 Å². The Labute approximate surface area is 111 Å². The highest BCUT2D eigenvalue weighted by Gasteiger charge is 2.23. The van der Waals surface area contributed by atoms with Gasteiger partial charge in [-0.1, -0.05) is 0 Å². The van der Waals surface area contributed by atoms with E-state index in [0.717, 1.165) is 22.6 Å². The zero-order chi connectivity index (χ0) is 14.0. The van der Waals surface area contributed by atoms with E-state index in [-0.39, 0.29) is 6.04 Å². The first-order chi connectivity index (χ1) is 9.08. The summed E-state index contributed by atoms with van der Waals surface area (Å²) in [6.45, 7) is 3.79. The molecule has 0 bridgehead atoms. The molecule has 2 heterocycles. The Morgan fingerprint density at radius 3 is 2.74 bits per heavy atom. The second-order valence-electron chi connectivity index (χ2n) is 4.35. The number of nitrogens with two attached hydrogens (primary N) is 1. The Morgan fingerprint density at radius 2 is 2.11 bits per heavy atom. The van der Waals surface area contributed by atoms with E-state index in [1.54, 1.807) is 18.0 Å². The highest BCUT2D eigenvalue weighted by Crippen LogP contribution is 2.30. The van der Waals surface area contributed by atoms with E-state index in [4.69, 9.17) is 10.6 Å². The number of ether oxygens (including phenoxy) is 1. The van der Waals surface area contributed by atoms with Crippen molar-refractivity contribution < 1.29 is 4.74 Å². The largest absolute Gasteiger partial charge is 0.493 e. The van der Waals surface area contributed by atoms with Crippen LogP contribution in [0.25, 0.3) is 0 Å². The van der Waals surface area contributed by atoms with Crippen LogP contribution in [-0.4, -0.2) is 27.1 Å². The lowest BCUT2D eigenvalue weighted by Gasteiger charge is -2.19. The molecule has 0 saturated heterocycles. The smallest absolute Gasteiger partial charge is 0.161 e. The zero-order valence-corrected chi connectivity index (χ0v) is 11.5. The van der Waals surface area contributed by atoms with Gasteiger partial charge in [-0.3, -0.25) is 10.5 Å². The van der Waals surface area contributed by atoms with Crippen molar-refractivity contribution in [3.05, 3.63) is 34.9 Å². The summed E-state index contributed by atoms with van der Waals surface area (Å²) in [6.07, 6.45) is 1.66. The standard InChI is InChI=1S/C12H18N6O/c1-7-5-9(8(2)17-16-7)11(15-13)12-10(19-4)6-14-18(12)3/h5-6,11,15H,13H2,1-4H3. The molecule has 1 atom stereocenters. The van der Waals surface area contributed by atoms with Gasteiger partial charge in [0.15, 0.2) is 5.75 Å². The molecule has 102 valence electrons. The van der Waals surface area contributed by atoms with Crippen molar-refractivity contribution in [3.8, 4) is 5.75 Å². The van der Waals surface area contributed by atoms with Gasteiger partial charge in [-0.05, 0) is 19.9 Å². The molecule has 0 aliphatic rings. The number of hydrogen-bond acceptors (Lipinski definition) is 6. The van der Waals surface area contributed by atoms with Crippen LogP contribution in [-0.2, 0) is 7.05 Å². The first-order valence-electron chi connectivity index (χ1n) is 5.91. The fourth-order valence-corrected chi connectivity index (χ4v) is 2.09. The maximum atomic E-state index is 5.71. The van der Waals surface area contributed by atoms with Crippen LogP contribution in [0.2, 0.25) is 0 Å². The van der Waals surface area contributed by atoms with Crippen molar-refractivity contribution >= 4 is 0 Å². The molecule has 7 heteroatoms. The van der Waals surface area contributed by atoms with E-state index >= 15 is 0 Å². The molecule has 0 saturated carbocycles. The minimum atomic E-state index is -0.253. The van der Waals surface area contributed by atoms with Gasteiger partial charge in [0.25, 0.3) is 0 Å². The third-order valence-corrected chi connectivity index (χ3v) is 3.06. The Kier molecular flexibility index (Phi) is 3.77. The Bertz CT molecular complexity index is 580. The van der Waals surface area contributed by atoms with Gasteiger partial charge in [-0.2, -0.15) is 15.3 Å². The van der Waals surface area contributed by atoms with Crippen molar-refractivity contribution in [2.75, 3.05) is 7.11 Å². The van der Waals surface area contributed by atoms with E-state index in [1.807, 2.05) is 27.0 Å². The summed E-state index contributed by atoms with van der Waals surface area (Å²) in [5.41, 5.74) is 6.25. The average molecular weight is 262 g/mol. The molecule has 0 fully saturated rings. The van der Waals surface area contributed by atoms with Crippen LogP contribution in [0.3, 0.4) is 0 Å². The molecule has 3 N–H and O–H groups in total. The molecule has 7 nitrogen and oxygen atoms in total. The summed E-state index contributed by atoms with van der Waals surface area (Å²) in [7, 11) is 3.45. The van der Waals surface area contributed by atoms with E-state index in [2.05, 4.69) is 20.7 Å². The van der Waals surface area contributed by atoms with Gasteiger partial charge < -0.3 is 4.74 Å². The van der Waals surface area contributed by atoms with Crippen molar-refractivity contribution in [3.63, 3.8) is 0 Å². The maximum Gasteiger partial charge on any atom is 0.161 e. The Morgan fingerprint density at radius 1 is 1.37 bits per heavy atom. The minimum absolute atomic E-state index is 0.253. The fourth-order valence-electron chi connectivity index (χ4n) is 2.09. The zero-order valence-electron chi connectivity index (χ0n) is 11.5. The number of hydrogen-bond donors (Lipinski definition) is 2. The molecule has 0 amide bonds. The van der Waals surface area contributed by atoms with Crippen LogP contribution in [0.1, 0.15) is 28.7 Å². The van der Waals surface area contributed by atoms with E-state index in [0.29, 0.717) is 5.75 Å². The number of rotatable bonds is 4. The van der Waals surface area contributed by atoms with E-state index in [9.17, 15) is 0 Å². The third kappa shape index (κ3) is 2.42. The van der Waals surface area contributed by atoms with Gasteiger partial charge in [0, 0.05) is 12.6 Å². The van der Waals surface area contributed by atoms with Crippen LogP contribution in [0.5, 0.6) is 5.75 Å². The molecule has 0 radical (unpaired) electrons. The number of aromatic nitrogens is 4. The lowest BCUT2D eigenvalue weighted by atomic mass is 10.0. The second-order valence-corrected chi connectivity index (χ2v) is 4.35. The molecule has 0 aromatic carbocycles. The SMILES string of the molecule is COc1cnn(C)c1C(NN)c1cc(C)nnc1C. The van der Waals surface area contributed by atoms with Gasteiger partial charge in [0.05, 0.1) is 30.7 Å². The predicted molar refractivity (Wildman–Crippen MR) is 70.4 cm³/mol. The average Bonchev–Trinajstić information content (AvgIpc) is 2.76. The van der Waals surface area contributed by atoms with Crippen LogP contribution < -0.4 is 16.0 Å². The van der Waals surface area contributed by atoms with Gasteiger partial charge in [0.1, 0.15) is 5.69 Å². The maximum absolute atomic E-state index is 5.71. The first kappa shape index (κ1) is 13.4. The number of hydrazine groups is 1. The Hall–Kier alpha value is -1.99. The minimum Gasteiger partial charge on any atom is -0.493 e. The lowest BCUT2D eigenvalue weighted by molar-refractivity contribution is 0.401. The van der Waals surface area contributed by atoms with Crippen molar-refractivity contribution in [2.45, 2.75) is 19.9 Å². The Balaban J connectivity index is 2.56. The summed E-state index contributed by atoms with van der Waals surface area (Å²) in [6, 6.07) is 1.70. The highest BCUT2D eigenvalue weighted by atomic mass is 16.5. The lowest BCUT2D eigenvalue weighted by Crippen LogP contribution is -2.31. The predicted octanol–water partition coefficient (Wildman–Crippen LogP) is 0.388. The molecule has 1 unspecified atom stereocenters. The summed E-state index contributed by atoms with van der Waals surface area (Å²) < 4.78 is 7.06. The topological polar surface area (TPSA) is 90.9 Å². The fraction of sp³-hybridized carbons (Fsp3) is 0.417. The monoisotopic (exact) mass is 262 g/mol. The number of methoxy groups -OCH3 is 1. The molecule has 19 heavy (non-hydrogen) atoms. The third-order valence-electron chi connectivity index (χ3n) is 3.06. The molecule has 2 rings (SSSR count). The van der Waals surface area contributed by atoms with Gasteiger partial charge in [-0.25, -0.2) is 5.43 Å². The first-order valence-corrected chi connectivity index (χ1v) is 5.91. The van der Waals surface area contributed by atoms with Gasteiger partial charge >= 0.3 is 0 Å². The summed E-state index contributed by atoms with van der Waals surface area (Å²) >= 11 is 0. The number of aryl methyl sites for hydroxylation is 3. The van der Waals surface area contributed by atoms with Gasteiger partial charge in [-0.15, -0.1) is 0 Å². The van der Waals surface area contributed by atoms with Crippen molar-refractivity contribution in [2.24, 2.45) is 12.9 Å². The molecular weight excluding hydrogens is 244 g/mol. The summed E-state index contributed by atoms with van der Waals surface area (Å²) in [5, 5.41) is 12.4. The second kappa shape index (κ2) is 5.33. The highest BCUT2D eigenvalue weighted by molar-refractivity contribution is 5.37.